The number of thioether (sulfide) groups is 1. The van der Waals surface area contributed by atoms with Crippen LogP contribution in [0.3, 0.4) is 0 Å². The number of hydrogen-bond donors (Lipinski definition) is 3. The molecule has 0 aromatic carbocycles. The highest BCUT2D eigenvalue weighted by Gasteiger charge is 2.24. The number of hydrogen-bond acceptors (Lipinski definition) is 8. The molecule has 3 N–H and O–H groups in total. The third-order valence-electron chi connectivity index (χ3n) is 4.39. The maximum Gasteiger partial charge on any atom is 0.261 e. The molecule has 1 saturated heterocycles. The lowest BCUT2D eigenvalue weighted by Gasteiger charge is -2.30. The quantitative estimate of drug-likeness (QED) is 0.718. The lowest BCUT2D eigenvalue weighted by atomic mass is 10.2. The van der Waals surface area contributed by atoms with E-state index < -0.39 is 0 Å². The van der Waals surface area contributed by atoms with E-state index in [0.29, 0.717) is 10.7 Å². The first-order valence-corrected chi connectivity index (χ1v) is 9.78. The van der Waals surface area contributed by atoms with Crippen LogP contribution in [0.1, 0.15) is 6.42 Å². The first kappa shape index (κ1) is 17.7. The van der Waals surface area contributed by atoms with Gasteiger partial charge < -0.3 is 20.9 Å². The third-order valence-corrected chi connectivity index (χ3v) is 5.59. The molecule has 1 unspecified atom stereocenters. The van der Waals surface area contributed by atoms with Gasteiger partial charge in [-0.25, -0.2) is 4.98 Å². The van der Waals surface area contributed by atoms with Gasteiger partial charge in [-0.1, -0.05) is 17.8 Å². The van der Waals surface area contributed by atoms with E-state index in [9.17, 15) is 4.79 Å². The van der Waals surface area contributed by atoms with Crippen LogP contribution in [0.4, 0.5) is 17.2 Å². The maximum absolute atomic E-state index is 12.7. The van der Waals surface area contributed by atoms with Gasteiger partial charge in [0.25, 0.3) is 5.91 Å². The topological polar surface area (TPSA) is 95.1 Å². The third kappa shape index (κ3) is 4.37. The van der Waals surface area contributed by atoms with Crippen LogP contribution in [-0.2, 0) is 4.79 Å². The molecule has 1 fully saturated rings. The van der Waals surface area contributed by atoms with E-state index in [1.54, 1.807) is 31.0 Å². The van der Waals surface area contributed by atoms with Crippen molar-refractivity contribution >= 4 is 34.9 Å². The molecular formula is C18H21N7OS. The fourth-order valence-electron chi connectivity index (χ4n) is 3.09. The Morgan fingerprint density at radius 2 is 2.04 bits per heavy atom. The number of carbonyl (C=O) groups is 1. The smallest absolute Gasteiger partial charge is 0.261 e. The summed E-state index contributed by atoms with van der Waals surface area (Å²) in [6.45, 7) is 3.70. The Hall–Kier alpha value is -2.65. The van der Waals surface area contributed by atoms with Crippen LogP contribution in [-0.4, -0.2) is 52.4 Å². The molecule has 0 bridgehead atoms. The first-order chi connectivity index (χ1) is 13.3. The highest BCUT2D eigenvalue weighted by Crippen LogP contribution is 2.34. The van der Waals surface area contributed by atoms with Crippen molar-refractivity contribution in [3.05, 3.63) is 48.0 Å². The summed E-state index contributed by atoms with van der Waals surface area (Å²) in [5.74, 6) is 0.603. The molecule has 0 aliphatic carbocycles. The van der Waals surface area contributed by atoms with E-state index >= 15 is 0 Å². The van der Waals surface area contributed by atoms with Gasteiger partial charge in [0.05, 0.1) is 34.0 Å². The van der Waals surface area contributed by atoms with Crippen molar-refractivity contribution in [1.29, 1.82) is 0 Å². The molecule has 27 heavy (non-hydrogen) atoms. The summed E-state index contributed by atoms with van der Waals surface area (Å²) in [4.78, 5) is 28.1. The fourth-order valence-corrected chi connectivity index (χ4v) is 4.11. The predicted octanol–water partition coefficient (Wildman–Crippen LogP) is 1.68. The average molecular weight is 383 g/mol. The molecule has 2 aliphatic heterocycles. The molecule has 0 spiro atoms. The Labute approximate surface area is 161 Å². The minimum atomic E-state index is -0.104. The van der Waals surface area contributed by atoms with E-state index in [0.717, 1.165) is 44.0 Å². The zero-order valence-corrected chi connectivity index (χ0v) is 15.6. The van der Waals surface area contributed by atoms with E-state index in [1.165, 1.54) is 11.8 Å². The number of nitrogens with zero attached hydrogens (tertiary/aromatic N) is 4. The van der Waals surface area contributed by atoms with Gasteiger partial charge in [-0.3, -0.25) is 14.8 Å². The highest BCUT2D eigenvalue weighted by atomic mass is 32.2. The summed E-state index contributed by atoms with van der Waals surface area (Å²) in [5.41, 5.74) is 1.76. The number of anilines is 3. The van der Waals surface area contributed by atoms with Crippen LogP contribution in [0, 0.1) is 0 Å². The van der Waals surface area contributed by atoms with Gasteiger partial charge in [0.1, 0.15) is 5.82 Å². The monoisotopic (exact) mass is 383 g/mol. The van der Waals surface area contributed by atoms with Crippen LogP contribution >= 0.6 is 11.8 Å². The number of aromatic nitrogens is 3. The second-order valence-corrected chi connectivity index (χ2v) is 7.47. The molecule has 2 aromatic rings. The van der Waals surface area contributed by atoms with Crippen LogP contribution in [0.25, 0.3) is 0 Å². The van der Waals surface area contributed by atoms with Crippen molar-refractivity contribution in [2.75, 3.05) is 41.7 Å². The number of carbonyl (C=O) groups excluding carboxylic acids is 1. The van der Waals surface area contributed by atoms with E-state index in [4.69, 9.17) is 0 Å². The Morgan fingerprint density at radius 1 is 1.19 bits per heavy atom. The zero-order chi connectivity index (χ0) is 18.5. The van der Waals surface area contributed by atoms with Gasteiger partial charge in [-0.2, -0.15) is 0 Å². The highest BCUT2D eigenvalue weighted by molar-refractivity contribution is 8.04. The molecule has 0 radical (unpaired) electrons. The molecule has 0 saturated carbocycles. The minimum Gasteiger partial charge on any atom is -0.367 e. The SMILES string of the molecule is O=C(Nc1cnccc1N1CCNCC1)C1=CCC(Nc2cnccn2)S1. The second-order valence-electron chi connectivity index (χ2n) is 6.23. The fraction of sp³-hybridized carbons (Fsp3) is 0.333. The van der Waals surface area contributed by atoms with E-state index in [-0.39, 0.29) is 11.3 Å². The number of piperazine rings is 1. The summed E-state index contributed by atoms with van der Waals surface area (Å²) >= 11 is 1.50. The predicted molar refractivity (Wildman–Crippen MR) is 108 cm³/mol. The van der Waals surface area contributed by atoms with Gasteiger partial charge in [0, 0.05) is 44.8 Å². The summed E-state index contributed by atoms with van der Waals surface area (Å²) < 4.78 is 0. The largest absolute Gasteiger partial charge is 0.367 e. The van der Waals surface area contributed by atoms with E-state index in [2.05, 4.69) is 35.8 Å². The Kier molecular flexibility index (Phi) is 5.50. The van der Waals surface area contributed by atoms with Crippen LogP contribution < -0.4 is 20.9 Å². The number of pyridine rings is 1. The van der Waals surface area contributed by atoms with Crippen molar-refractivity contribution in [1.82, 2.24) is 20.3 Å². The van der Waals surface area contributed by atoms with E-state index in [1.807, 2.05) is 12.1 Å². The molecule has 4 heterocycles. The number of nitrogens with one attached hydrogen (secondary N) is 3. The number of amides is 1. The molecule has 9 heteroatoms. The Balaban J connectivity index is 1.38. The second kappa shape index (κ2) is 8.36. The Morgan fingerprint density at radius 3 is 2.85 bits per heavy atom. The van der Waals surface area contributed by atoms with Gasteiger partial charge in [-0.05, 0) is 12.5 Å². The molecule has 1 amide bonds. The first-order valence-electron chi connectivity index (χ1n) is 8.90. The van der Waals surface area contributed by atoms with Gasteiger partial charge in [0.2, 0.25) is 0 Å². The molecule has 1 atom stereocenters. The molecule has 140 valence electrons. The minimum absolute atomic E-state index is 0.0731. The Bertz CT molecular complexity index is 823. The molecule has 2 aromatic heterocycles. The lowest BCUT2D eigenvalue weighted by Crippen LogP contribution is -2.43. The summed E-state index contributed by atoms with van der Waals surface area (Å²) in [7, 11) is 0. The standard InChI is InChI=1S/C18H21N7OS/c26-18(15-1-2-17(27-15)24-16-12-21-5-6-22-16)23-13-11-20-4-3-14(13)25-9-7-19-8-10-25/h1,3-6,11-12,17,19H,2,7-10H2,(H,22,24)(H,23,26). The molecule has 8 nitrogen and oxygen atoms in total. The zero-order valence-electron chi connectivity index (χ0n) is 14.8. The summed E-state index contributed by atoms with van der Waals surface area (Å²) in [5, 5.41) is 9.72. The van der Waals surface area contributed by atoms with Crippen molar-refractivity contribution in [3.8, 4) is 0 Å². The maximum atomic E-state index is 12.7. The summed E-state index contributed by atoms with van der Waals surface area (Å²) in [6.07, 6.45) is 11.1. The van der Waals surface area contributed by atoms with Crippen molar-refractivity contribution < 1.29 is 4.79 Å². The molecule has 4 rings (SSSR count). The van der Waals surface area contributed by atoms with Crippen molar-refractivity contribution in [2.45, 2.75) is 11.8 Å². The van der Waals surface area contributed by atoms with Gasteiger partial charge in [0.15, 0.2) is 0 Å². The average Bonchev–Trinajstić information content (AvgIpc) is 3.18. The molecular weight excluding hydrogens is 362 g/mol. The number of rotatable bonds is 5. The van der Waals surface area contributed by atoms with Crippen molar-refractivity contribution in [3.63, 3.8) is 0 Å². The van der Waals surface area contributed by atoms with Crippen LogP contribution in [0.15, 0.2) is 48.0 Å². The van der Waals surface area contributed by atoms with Crippen molar-refractivity contribution in [2.24, 2.45) is 0 Å². The molecule has 2 aliphatic rings. The summed E-state index contributed by atoms with van der Waals surface area (Å²) in [6, 6.07) is 1.95. The normalized spacial score (nSPS) is 19.5. The van der Waals surface area contributed by atoms with Crippen LogP contribution in [0.2, 0.25) is 0 Å². The van der Waals surface area contributed by atoms with Gasteiger partial charge in [-0.15, -0.1) is 0 Å². The lowest BCUT2D eigenvalue weighted by molar-refractivity contribution is -0.112. The van der Waals surface area contributed by atoms with Crippen LogP contribution in [0.5, 0.6) is 0 Å². The van der Waals surface area contributed by atoms with Gasteiger partial charge >= 0.3 is 0 Å².